The van der Waals surface area contributed by atoms with Crippen LogP contribution in [0.15, 0.2) is 85.1 Å². The molecule has 3 atom stereocenters. The number of likely N-dealkylation sites (N-methyl/N-ethyl adjacent to an activating group) is 1. The summed E-state index contributed by atoms with van der Waals surface area (Å²) in [7, 11) is 1.61. The molecule has 0 aliphatic carbocycles. The standard InChI is InChI=1S/C57H103N2O6P/c1-6-8-10-12-14-16-17-18-19-20-21-22-23-24-25-26-27-28-29-30-31-32-33-34-35-36-37-38-39-40-41-43-45-47-49-51-57(61)58-55(54-65-66(62,63)64-53-52-59(3,4)5)56(60)50-48-46-44-42-15-13-11-9-7-2/h8,10,14,16,18-19,21-22,24-25,27-28,30-31,55-56,60H,6-7,9,11-13,15,17,20,23,26,29,32-54H2,1-5H3,(H-,58,61,62,63)/p+1/b10-8-,16-14-,19-18-,22-21-,25-24-,28-27-,31-30-. The number of phosphoric acid groups is 1. The Morgan fingerprint density at radius 1 is 0.530 bits per heavy atom. The van der Waals surface area contributed by atoms with Crippen molar-refractivity contribution in [2.75, 3.05) is 40.9 Å². The molecule has 0 fully saturated rings. The van der Waals surface area contributed by atoms with E-state index >= 15 is 0 Å². The van der Waals surface area contributed by atoms with Gasteiger partial charge >= 0.3 is 7.82 Å². The van der Waals surface area contributed by atoms with E-state index in [2.05, 4.69) is 104 Å². The predicted molar refractivity (Wildman–Crippen MR) is 286 cm³/mol. The number of phosphoric ester groups is 1. The molecule has 0 aliphatic heterocycles. The molecule has 0 aromatic rings. The number of aliphatic hydroxyl groups is 1. The largest absolute Gasteiger partial charge is 0.472 e. The van der Waals surface area contributed by atoms with Crippen LogP contribution in [0, 0.1) is 0 Å². The maximum atomic E-state index is 12.9. The molecule has 0 spiro atoms. The van der Waals surface area contributed by atoms with Crippen LogP contribution in [0.4, 0.5) is 0 Å². The molecular weight excluding hydrogens is 840 g/mol. The molecule has 66 heavy (non-hydrogen) atoms. The van der Waals surface area contributed by atoms with Gasteiger partial charge in [0.2, 0.25) is 5.91 Å². The number of allylic oxidation sites excluding steroid dienone is 14. The maximum absolute atomic E-state index is 12.9. The van der Waals surface area contributed by atoms with Crippen molar-refractivity contribution in [2.24, 2.45) is 0 Å². The Balaban J connectivity index is 3.99. The van der Waals surface area contributed by atoms with E-state index in [4.69, 9.17) is 9.05 Å². The lowest BCUT2D eigenvalue weighted by Gasteiger charge is -2.26. The van der Waals surface area contributed by atoms with Crippen LogP contribution in [0.25, 0.3) is 0 Å². The van der Waals surface area contributed by atoms with Crippen molar-refractivity contribution >= 4 is 13.7 Å². The van der Waals surface area contributed by atoms with E-state index in [1.807, 2.05) is 21.1 Å². The third-order valence-corrected chi connectivity index (χ3v) is 12.6. The smallest absolute Gasteiger partial charge is 0.391 e. The average Bonchev–Trinajstić information content (AvgIpc) is 3.28. The van der Waals surface area contributed by atoms with E-state index in [9.17, 15) is 19.4 Å². The first kappa shape index (κ1) is 63.7. The minimum absolute atomic E-state index is 0.0715. The number of carbonyl (C=O) groups excluding carboxylic acids is 1. The number of amides is 1. The Kier molecular flexibility index (Phi) is 46.1. The van der Waals surface area contributed by atoms with Gasteiger partial charge in [-0.05, 0) is 70.6 Å². The SMILES string of the molecule is CC/C=C\C/C=C\C/C=C\C/C=C\C/C=C\C/C=C\C/C=C\CCCCCCCCCCCCCCCC(=O)NC(COP(=O)(O)OCC[N+](C)(C)C)C(O)CCCCCCCCCCC. The summed E-state index contributed by atoms with van der Waals surface area (Å²) in [4.78, 5) is 23.2. The predicted octanol–water partition coefficient (Wildman–Crippen LogP) is 16.1. The molecule has 0 bridgehead atoms. The number of hydrogen-bond donors (Lipinski definition) is 3. The minimum atomic E-state index is -4.32. The third kappa shape index (κ3) is 49.6. The molecule has 0 aliphatic rings. The summed E-state index contributed by atoms with van der Waals surface area (Å²) in [6.07, 6.45) is 66.5. The van der Waals surface area contributed by atoms with Crippen molar-refractivity contribution in [2.45, 2.75) is 231 Å². The molecule has 0 aromatic carbocycles. The molecule has 9 heteroatoms. The fourth-order valence-electron chi connectivity index (χ4n) is 7.44. The highest BCUT2D eigenvalue weighted by Crippen LogP contribution is 2.43. The van der Waals surface area contributed by atoms with Gasteiger partial charge in [0.05, 0.1) is 39.9 Å². The Bertz CT molecular complexity index is 1350. The third-order valence-electron chi connectivity index (χ3n) is 11.7. The molecule has 8 nitrogen and oxygen atoms in total. The first-order valence-corrected chi connectivity index (χ1v) is 28.4. The van der Waals surface area contributed by atoms with Crippen LogP contribution >= 0.6 is 7.82 Å². The van der Waals surface area contributed by atoms with Crippen molar-refractivity contribution in [3.05, 3.63) is 85.1 Å². The summed E-state index contributed by atoms with van der Waals surface area (Å²) in [5.74, 6) is -0.151. The Hall–Kier alpha value is -2.32. The van der Waals surface area contributed by atoms with Crippen molar-refractivity contribution in [1.29, 1.82) is 0 Å². The van der Waals surface area contributed by atoms with Crippen molar-refractivity contribution in [3.8, 4) is 0 Å². The summed E-state index contributed by atoms with van der Waals surface area (Å²) < 4.78 is 23.6. The molecule has 0 rings (SSSR count). The normalized spacial score (nSPS) is 14.7. The van der Waals surface area contributed by atoms with Crippen LogP contribution < -0.4 is 5.32 Å². The average molecular weight is 944 g/mol. The Labute approximate surface area is 407 Å². The topological polar surface area (TPSA) is 105 Å². The highest BCUT2D eigenvalue weighted by molar-refractivity contribution is 7.47. The van der Waals surface area contributed by atoms with Crippen molar-refractivity contribution < 1.29 is 32.9 Å². The van der Waals surface area contributed by atoms with Crippen LogP contribution in [0.1, 0.15) is 219 Å². The molecule has 0 heterocycles. The number of nitrogens with zero attached hydrogens (tertiary/aromatic N) is 1. The van der Waals surface area contributed by atoms with E-state index in [1.54, 1.807) is 0 Å². The van der Waals surface area contributed by atoms with Crippen LogP contribution in [0.5, 0.6) is 0 Å². The van der Waals surface area contributed by atoms with Gasteiger partial charge in [0, 0.05) is 6.42 Å². The summed E-state index contributed by atoms with van der Waals surface area (Å²) >= 11 is 0. The monoisotopic (exact) mass is 944 g/mol. The summed E-state index contributed by atoms with van der Waals surface area (Å²) in [6, 6.07) is -0.763. The highest BCUT2D eigenvalue weighted by atomic mass is 31.2. The molecule has 0 aromatic heterocycles. The second-order valence-electron chi connectivity index (χ2n) is 19.2. The lowest BCUT2D eigenvalue weighted by atomic mass is 10.0. The van der Waals surface area contributed by atoms with Crippen LogP contribution in [0.3, 0.4) is 0 Å². The van der Waals surface area contributed by atoms with Gasteiger partial charge in [0.15, 0.2) is 0 Å². The number of hydrogen-bond acceptors (Lipinski definition) is 5. The first-order valence-electron chi connectivity index (χ1n) is 27.0. The molecule has 382 valence electrons. The first-order chi connectivity index (χ1) is 32.0. The molecule has 3 unspecified atom stereocenters. The van der Waals surface area contributed by atoms with Gasteiger partial charge in [-0.15, -0.1) is 0 Å². The lowest BCUT2D eigenvalue weighted by molar-refractivity contribution is -0.870. The van der Waals surface area contributed by atoms with Crippen LogP contribution in [0.2, 0.25) is 0 Å². The molecule has 3 N–H and O–H groups in total. The van der Waals surface area contributed by atoms with Gasteiger partial charge in [0.1, 0.15) is 13.2 Å². The zero-order valence-electron chi connectivity index (χ0n) is 43.4. The van der Waals surface area contributed by atoms with E-state index < -0.39 is 20.0 Å². The zero-order valence-corrected chi connectivity index (χ0v) is 44.3. The van der Waals surface area contributed by atoms with E-state index in [0.29, 0.717) is 23.9 Å². The van der Waals surface area contributed by atoms with Gasteiger partial charge in [-0.3, -0.25) is 13.8 Å². The molecular formula is C57H104N2O6P+. The van der Waals surface area contributed by atoms with Gasteiger partial charge in [-0.25, -0.2) is 4.57 Å². The van der Waals surface area contributed by atoms with E-state index in [1.165, 1.54) is 109 Å². The number of nitrogens with one attached hydrogen (secondary N) is 1. The molecule has 0 radical (unpaired) electrons. The van der Waals surface area contributed by atoms with E-state index in [-0.39, 0.29) is 19.1 Å². The van der Waals surface area contributed by atoms with Crippen LogP contribution in [-0.4, -0.2) is 73.4 Å². The Morgan fingerprint density at radius 2 is 0.909 bits per heavy atom. The van der Waals surface area contributed by atoms with Gasteiger partial charge in [0.25, 0.3) is 0 Å². The maximum Gasteiger partial charge on any atom is 0.472 e. The fourth-order valence-corrected chi connectivity index (χ4v) is 8.17. The number of quaternary nitrogens is 1. The molecule has 0 saturated heterocycles. The molecule has 1 amide bonds. The minimum Gasteiger partial charge on any atom is -0.391 e. The number of carbonyl (C=O) groups is 1. The number of rotatable bonds is 48. The van der Waals surface area contributed by atoms with Crippen molar-refractivity contribution in [3.63, 3.8) is 0 Å². The summed E-state index contributed by atoms with van der Waals surface area (Å²) in [5, 5.41) is 13.9. The van der Waals surface area contributed by atoms with Gasteiger partial charge < -0.3 is 19.8 Å². The second-order valence-corrected chi connectivity index (χ2v) is 20.7. The summed E-state index contributed by atoms with van der Waals surface area (Å²) in [5.41, 5.74) is 0. The van der Waals surface area contributed by atoms with Crippen molar-refractivity contribution in [1.82, 2.24) is 5.32 Å². The zero-order chi connectivity index (χ0) is 48.5. The lowest BCUT2D eigenvalue weighted by Crippen LogP contribution is -2.46. The Morgan fingerprint density at radius 3 is 1.33 bits per heavy atom. The fraction of sp³-hybridized carbons (Fsp3) is 0.737. The van der Waals surface area contributed by atoms with Gasteiger partial charge in [-0.1, -0.05) is 227 Å². The second kappa shape index (κ2) is 47.7. The quantitative estimate of drug-likeness (QED) is 0.0243. The summed E-state index contributed by atoms with van der Waals surface area (Å²) in [6.45, 7) is 4.74. The number of aliphatic hydroxyl groups excluding tert-OH is 1. The van der Waals surface area contributed by atoms with E-state index in [0.717, 1.165) is 83.5 Å². The highest BCUT2D eigenvalue weighted by Gasteiger charge is 2.28. The van der Waals surface area contributed by atoms with Crippen LogP contribution in [-0.2, 0) is 18.4 Å². The number of unbranched alkanes of at least 4 members (excludes halogenated alkanes) is 21. The van der Waals surface area contributed by atoms with Gasteiger partial charge in [-0.2, -0.15) is 0 Å². The molecule has 0 saturated carbocycles.